The normalized spacial score (nSPS) is 10.8. The molecular weight excluding hydrogens is 349 g/mol. The maximum atomic E-state index is 12.4. The number of nitrogens with one attached hydrogen (secondary N) is 2. The van der Waals surface area contributed by atoms with Crippen LogP contribution in [-0.4, -0.2) is 22.2 Å². The second-order valence-corrected chi connectivity index (χ2v) is 4.64. The van der Waals surface area contributed by atoms with Gasteiger partial charge in [-0.3, -0.25) is 4.79 Å². The fourth-order valence-electron chi connectivity index (χ4n) is 1.64. The Hall–Kier alpha value is -2.81. The van der Waals surface area contributed by atoms with Gasteiger partial charge in [-0.25, -0.2) is 4.98 Å². The van der Waals surface area contributed by atoms with Crippen LogP contribution in [0.4, 0.5) is 30.4 Å². The van der Waals surface area contributed by atoms with Crippen LogP contribution < -0.4 is 15.4 Å². The molecule has 0 saturated heterocycles. The minimum absolute atomic E-state index is 0.261. The Morgan fingerprint density at radius 2 is 2.04 bits per heavy atom. The van der Waals surface area contributed by atoms with Crippen molar-refractivity contribution in [3.63, 3.8) is 0 Å². The predicted octanol–water partition coefficient (Wildman–Crippen LogP) is 3.90. The quantitative estimate of drug-likeness (QED) is 0.626. The van der Waals surface area contributed by atoms with E-state index in [2.05, 4.69) is 31.9 Å². The van der Waals surface area contributed by atoms with Crippen molar-refractivity contribution in [2.24, 2.45) is 0 Å². The number of ether oxygens (including phenoxy) is 1. The number of hydrogen-bond donors (Lipinski definition) is 2. The predicted molar refractivity (Wildman–Crippen MR) is 82.3 cm³/mol. The Bertz CT molecular complexity index is 768. The summed E-state index contributed by atoms with van der Waals surface area (Å²) in [4.78, 5) is 18.4. The zero-order chi connectivity index (χ0) is 17.7. The smallest absolute Gasteiger partial charge is 0.400 e. The highest BCUT2D eigenvalue weighted by Crippen LogP contribution is 2.31. The van der Waals surface area contributed by atoms with Crippen molar-refractivity contribution in [3.8, 4) is 5.75 Å². The topological polar surface area (TPSA) is 76.1 Å². The average Bonchev–Trinajstić information content (AvgIpc) is 2.49. The third-order valence-electron chi connectivity index (χ3n) is 2.53. The molecule has 0 fully saturated rings. The summed E-state index contributed by atoms with van der Waals surface area (Å²) in [5.41, 5.74) is 0.752. The van der Waals surface area contributed by atoms with E-state index in [9.17, 15) is 18.0 Å². The molecule has 2 rings (SSSR count). The van der Waals surface area contributed by atoms with Crippen LogP contribution in [0.1, 0.15) is 0 Å². The van der Waals surface area contributed by atoms with E-state index in [0.717, 1.165) is 12.3 Å². The molecule has 0 saturated carbocycles. The summed E-state index contributed by atoms with van der Waals surface area (Å²) in [5.74, 6) is -1.36. The van der Waals surface area contributed by atoms with Crippen LogP contribution in [0.15, 0.2) is 43.1 Å². The van der Waals surface area contributed by atoms with E-state index in [-0.39, 0.29) is 11.1 Å². The van der Waals surface area contributed by atoms with Crippen molar-refractivity contribution < 1.29 is 22.7 Å². The second-order valence-electron chi connectivity index (χ2n) is 4.30. The maximum absolute atomic E-state index is 12.4. The van der Waals surface area contributed by atoms with Crippen LogP contribution in [0.25, 0.3) is 0 Å². The molecule has 126 valence electrons. The van der Waals surface area contributed by atoms with Gasteiger partial charge < -0.3 is 15.4 Å². The van der Waals surface area contributed by atoms with Crippen LogP contribution in [0.3, 0.4) is 0 Å². The molecule has 0 bridgehead atoms. The van der Waals surface area contributed by atoms with Crippen molar-refractivity contribution in [3.05, 3.63) is 48.4 Å². The van der Waals surface area contributed by atoms with Gasteiger partial charge in [-0.1, -0.05) is 12.6 Å². The first-order chi connectivity index (χ1) is 11.3. The van der Waals surface area contributed by atoms with Crippen molar-refractivity contribution in [2.45, 2.75) is 6.36 Å². The average molecular weight is 359 g/mol. The van der Waals surface area contributed by atoms with Gasteiger partial charge in [0.25, 0.3) is 0 Å². The lowest BCUT2D eigenvalue weighted by Gasteiger charge is -2.14. The maximum Gasteiger partial charge on any atom is 0.573 e. The van der Waals surface area contributed by atoms with Crippen molar-refractivity contribution in [1.29, 1.82) is 0 Å². The first-order valence-electron chi connectivity index (χ1n) is 6.35. The third kappa shape index (κ3) is 5.13. The van der Waals surface area contributed by atoms with Gasteiger partial charge in [0, 0.05) is 11.4 Å². The second kappa shape index (κ2) is 7.18. The molecule has 1 aromatic heterocycles. The molecule has 1 aromatic carbocycles. The number of alkyl halides is 3. The molecule has 2 N–H and O–H groups in total. The van der Waals surface area contributed by atoms with E-state index in [4.69, 9.17) is 11.6 Å². The Balaban J connectivity index is 2.27. The molecule has 0 aliphatic heterocycles. The van der Waals surface area contributed by atoms with Crippen LogP contribution in [-0.2, 0) is 4.79 Å². The number of amides is 1. The Kier molecular flexibility index (Phi) is 5.24. The number of anilines is 3. The third-order valence-corrected chi connectivity index (χ3v) is 2.71. The Morgan fingerprint density at radius 1 is 1.33 bits per heavy atom. The van der Waals surface area contributed by atoms with Gasteiger partial charge in [-0.15, -0.1) is 13.2 Å². The molecular formula is C14H10ClF3N4O2. The number of carbonyl (C=O) groups excluding carboxylic acids is 1. The van der Waals surface area contributed by atoms with Crippen molar-refractivity contribution >= 4 is 34.7 Å². The number of rotatable bonds is 5. The minimum atomic E-state index is -4.91. The summed E-state index contributed by atoms with van der Waals surface area (Å²) in [6.45, 7) is 3.32. The monoisotopic (exact) mass is 358 g/mol. The SMILES string of the molecule is C=CC(=O)Nc1cccc(Nc2nc(Cl)ncc2OC(F)(F)F)c1. The molecule has 1 amide bonds. The van der Waals surface area contributed by atoms with E-state index >= 15 is 0 Å². The van der Waals surface area contributed by atoms with Crippen LogP contribution in [0.5, 0.6) is 5.75 Å². The number of nitrogens with zero attached hydrogens (tertiary/aromatic N) is 2. The summed E-state index contributed by atoms with van der Waals surface area (Å²) in [5, 5.41) is 4.88. The highest BCUT2D eigenvalue weighted by molar-refractivity contribution is 6.28. The van der Waals surface area contributed by atoms with E-state index in [1.807, 2.05) is 0 Å². The molecule has 2 aromatic rings. The van der Waals surface area contributed by atoms with Gasteiger partial charge in [0.2, 0.25) is 11.2 Å². The first-order valence-corrected chi connectivity index (χ1v) is 6.73. The van der Waals surface area contributed by atoms with Gasteiger partial charge in [-0.2, -0.15) is 4.98 Å². The molecule has 0 atom stereocenters. The van der Waals surface area contributed by atoms with Crippen LogP contribution in [0, 0.1) is 0 Å². The summed E-state index contributed by atoms with van der Waals surface area (Å²) < 4.78 is 41.1. The molecule has 24 heavy (non-hydrogen) atoms. The lowest BCUT2D eigenvalue weighted by molar-refractivity contribution is -0.274. The van der Waals surface area contributed by atoms with Gasteiger partial charge in [0.15, 0.2) is 11.6 Å². The van der Waals surface area contributed by atoms with E-state index in [1.54, 1.807) is 18.2 Å². The molecule has 6 nitrogen and oxygen atoms in total. The molecule has 0 aliphatic carbocycles. The fraction of sp³-hybridized carbons (Fsp3) is 0.0714. The summed E-state index contributed by atoms with van der Waals surface area (Å²) >= 11 is 5.61. The first kappa shape index (κ1) is 17.5. The minimum Gasteiger partial charge on any atom is -0.400 e. The number of halogens is 4. The van der Waals surface area contributed by atoms with Gasteiger partial charge in [0.1, 0.15) is 0 Å². The number of carbonyl (C=O) groups is 1. The molecule has 0 unspecified atom stereocenters. The summed E-state index contributed by atoms with van der Waals surface area (Å²) in [6.07, 6.45) is -3.03. The number of aromatic nitrogens is 2. The van der Waals surface area contributed by atoms with Crippen LogP contribution in [0.2, 0.25) is 5.28 Å². The highest BCUT2D eigenvalue weighted by Gasteiger charge is 2.33. The number of hydrogen-bond acceptors (Lipinski definition) is 5. The summed E-state index contributed by atoms with van der Waals surface area (Å²) in [6, 6.07) is 6.20. The van der Waals surface area contributed by atoms with E-state index < -0.39 is 18.0 Å². The number of benzene rings is 1. The lowest BCUT2D eigenvalue weighted by Crippen LogP contribution is -2.18. The van der Waals surface area contributed by atoms with Gasteiger partial charge in [-0.05, 0) is 35.9 Å². The van der Waals surface area contributed by atoms with Crippen LogP contribution >= 0.6 is 11.6 Å². The van der Waals surface area contributed by atoms with E-state index in [1.165, 1.54) is 6.07 Å². The van der Waals surface area contributed by atoms with Gasteiger partial charge >= 0.3 is 6.36 Å². The lowest BCUT2D eigenvalue weighted by atomic mass is 10.2. The molecule has 10 heteroatoms. The van der Waals surface area contributed by atoms with Crippen molar-refractivity contribution in [2.75, 3.05) is 10.6 Å². The Morgan fingerprint density at radius 3 is 2.71 bits per heavy atom. The van der Waals surface area contributed by atoms with Gasteiger partial charge in [0.05, 0.1) is 6.20 Å². The largest absolute Gasteiger partial charge is 0.573 e. The zero-order valence-corrected chi connectivity index (χ0v) is 12.6. The summed E-state index contributed by atoms with van der Waals surface area (Å²) in [7, 11) is 0. The molecule has 0 radical (unpaired) electrons. The molecule has 0 aliphatic rings. The molecule has 0 spiro atoms. The molecule has 1 heterocycles. The Labute approximate surface area is 139 Å². The standard InChI is InChI=1S/C14H10ClF3N4O2/c1-2-11(23)20-8-4-3-5-9(6-8)21-12-10(24-14(16,17)18)7-19-13(15)22-12/h2-7H,1H2,(H,20,23)(H,19,21,22). The van der Waals surface area contributed by atoms with Crippen molar-refractivity contribution in [1.82, 2.24) is 9.97 Å². The fourth-order valence-corrected chi connectivity index (χ4v) is 1.78. The zero-order valence-electron chi connectivity index (χ0n) is 11.9. The highest BCUT2D eigenvalue weighted by atomic mass is 35.5. The van der Waals surface area contributed by atoms with E-state index in [0.29, 0.717) is 11.4 Å².